The van der Waals surface area contributed by atoms with Crippen molar-refractivity contribution in [2.24, 2.45) is 5.73 Å². The number of hydrogen-bond donors (Lipinski definition) is 1. The van der Waals surface area contributed by atoms with Crippen molar-refractivity contribution in [1.82, 2.24) is 0 Å². The van der Waals surface area contributed by atoms with Crippen LogP contribution in [0.2, 0.25) is 0 Å². The van der Waals surface area contributed by atoms with Crippen molar-refractivity contribution in [3.63, 3.8) is 0 Å². The molecular formula is C14H13NO. The van der Waals surface area contributed by atoms with Crippen molar-refractivity contribution in [1.29, 1.82) is 0 Å². The Labute approximate surface area is 94.1 Å². The third kappa shape index (κ3) is 1.39. The Morgan fingerprint density at radius 2 is 1.88 bits per heavy atom. The molecule has 1 aromatic heterocycles. The summed E-state index contributed by atoms with van der Waals surface area (Å²) in [5, 5.41) is 1.14. The van der Waals surface area contributed by atoms with Gasteiger partial charge in [-0.2, -0.15) is 0 Å². The van der Waals surface area contributed by atoms with Crippen LogP contribution < -0.4 is 5.73 Å². The molecule has 0 spiro atoms. The van der Waals surface area contributed by atoms with Gasteiger partial charge in [0.2, 0.25) is 0 Å². The minimum absolute atomic E-state index is 0.400. The van der Waals surface area contributed by atoms with E-state index in [0.29, 0.717) is 0 Å². The zero-order chi connectivity index (χ0) is 11.2. The highest BCUT2D eigenvalue weighted by Gasteiger charge is 2.16. The standard InChI is InChI=1S/C14H13NO/c1-14(15)8-6-11-10-4-2-3-5-12(10)16-13(11)7-9-14/h2-9H,15H2,1H3. The van der Waals surface area contributed by atoms with Crippen LogP contribution in [0.4, 0.5) is 0 Å². The summed E-state index contributed by atoms with van der Waals surface area (Å²) < 4.78 is 5.77. The van der Waals surface area contributed by atoms with E-state index < -0.39 is 5.54 Å². The van der Waals surface area contributed by atoms with Crippen LogP contribution in [-0.2, 0) is 0 Å². The quantitative estimate of drug-likeness (QED) is 0.726. The van der Waals surface area contributed by atoms with Gasteiger partial charge in [-0.15, -0.1) is 0 Å². The normalized spacial score (nSPS) is 23.4. The molecule has 1 heterocycles. The average Bonchev–Trinajstić information content (AvgIpc) is 2.54. The van der Waals surface area contributed by atoms with E-state index in [2.05, 4.69) is 6.07 Å². The molecule has 2 aromatic rings. The molecule has 1 aliphatic rings. The van der Waals surface area contributed by atoms with Gasteiger partial charge in [0, 0.05) is 10.9 Å². The molecule has 0 fully saturated rings. The summed E-state index contributed by atoms with van der Waals surface area (Å²) in [6.45, 7) is 1.97. The zero-order valence-electron chi connectivity index (χ0n) is 9.10. The van der Waals surface area contributed by atoms with E-state index in [4.69, 9.17) is 10.2 Å². The SMILES string of the molecule is CC1(N)C=Cc2oc3ccccc3c2C=C1. The third-order valence-electron chi connectivity index (χ3n) is 2.87. The van der Waals surface area contributed by atoms with Gasteiger partial charge in [0.25, 0.3) is 0 Å². The smallest absolute Gasteiger partial charge is 0.135 e. The molecule has 80 valence electrons. The highest BCUT2D eigenvalue weighted by atomic mass is 16.3. The van der Waals surface area contributed by atoms with Crippen LogP contribution in [0.5, 0.6) is 0 Å². The summed E-state index contributed by atoms with van der Waals surface area (Å²) in [6.07, 6.45) is 7.95. The Morgan fingerprint density at radius 3 is 2.75 bits per heavy atom. The molecule has 2 nitrogen and oxygen atoms in total. The number of hydrogen-bond acceptors (Lipinski definition) is 2. The first kappa shape index (κ1) is 9.43. The Balaban J connectivity index is 2.30. The fraction of sp³-hybridized carbons (Fsp3) is 0.143. The fourth-order valence-electron chi connectivity index (χ4n) is 1.95. The molecule has 0 bridgehead atoms. The predicted octanol–water partition coefficient (Wildman–Crippen LogP) is 3.19. The van der Waals surface area contributed by atoms with Crippen molar-refractivity contribution < 1.29 is 4.42 Å². The second kappa shape index (κ2) is 3.09. The van der Waals surface area contributed by atoms with Gasteiger partial charge < -0.3 is 10.2 Å². The molecule has 0 saturated heterocycles. The molecule has 0 aliphatic heterocycles. The van der Waals surface area contributed by atoms with Crippen molar-refractivity contribution in [2.75, 3.05) is 0 Å². The molecule has 1 atom stereocenters. The second-order valence-electron chi connectivity index (χ2n) is 4.41. The summed E-state index contributed by atoms with van der Waals surface area (Å²) >= 11 is 0. The topological polar surface area (TPSA) is 39.2 Å². The van der Waals surface area contributed by atoms with Gasteiger partial charge in [-0.3, -0.25) is 0 Å². The fourth-order valence-corrected chi connectivity index (χ4v) is 1.95. The Hall–Kier alpha value is -1.80. The summed E-state index contributed by atoms with van der Waals surface area (Å²) in [5.74, 6) is 0.881. The maximum absolute atomic E-state index is 6.05. The first-order valence-electron chi connectivity index (χ1n) is 5.35. The maximum atomic E-state index is 6.05. The van der Waals surface area contributed by atoms with E-state index in [0.717, 1.165) is 22.3 Å². The van der Waals surface area contributed by atoms with E-state index in [1.54, 1.807) is 0 Å². The monoisotopic (exact) mass is 211 g/mol. The summed E-state index contributed by atoms with van der Waals surface area (Å²) in [4.78, 5) is 0. The summed E-state index contributed by atoms with van der Waals surface area (Å²) in [7, 11) is 0. The highest BCUT2D eigenvalue weighted by Crippen LogP contribution is 2.30. The summed E-state index contributed by atoms with van der Waals surface area (Å²) in [6, 6.07) is 8.04. The predicted molar refractivity (Wildman–Crippen MR) is 66.9 cm³/mol. The number of para-hydroxylation sites is 1. The first-order chi connectivity index (χ1) is 7.66. The number of furan rings is 1. The van der Waals surface area contributed by atoms with Crippen molar-refractivity contribution in [2.45, 2.75) is 12.5 Å². The number of benzene rings is 1. The molecule has 2 N–H and O–H groups in total. The van der Waals surface area contributed by atoms with Crippen molar-refractivity contribution in [3.8, 4) is 0 Å². The number of fused-ring (bicyclic) bond motifs is 3. The molecule has 0 saturated carbocycles. The van der Waals surface area contributed by atoms with Gasteiger partial charge in [0.1, 0.15) is 11.3 Å². The third-order valence-corrected chi connectivity index (χ3v) is 2.87. The van der Waals surface area contributed by atoms with Gasteiger partial charge in [0.05, 0.1) is 5.54 Å². The van der Waals surface area contributed by atoms with Crippen LogP contribution in [0.1, 0.15) is 18.2 Å². The van der Waals surface area contributed by atoms with Gasteiger partial charge >= 0.3 is 0 Å². The largest absolute Gasteiger partial charge is 0.456 e. The van der Waals surface area contributed by atoms with Crippen molar-refractivity contribution in [3.05, 3.63) is 47.7 Å². The van der Waals surface area contributed by atoms with E-state index in [1.807, 2.05) is 49.4 Å². The molecule has 0 radical (unpaired) electrons. The molecule has 16 heavy (non-hydrogen) atoms. The molecule has 1 unspecified atom stereocenters. The van der Waals surface area contributed by atoms with E-state index in [1.165, 1.54) is 0 Å². The Morgan fingerprint density at radius 1 is 1.12 bits per heavy atom. The average molecular weight is 211 g/mol. The number of nitrogens with two attached hydrogens (primary N) is 1. The van der Waals surface area contributed by atoms with Gasteiger partial charge in [-0.25, -0.2) is 0 Å². The minimum atomic E-state index is -0.400. The molecule has 3 rings (SSSR count). The molecule has 2 heteroatoms. The highest BCUT2D eigenvalue weighted by molar-refractivity contribution is 5.91. The van der Waals surface area contributed by atoms with Crippen molar-refractivity contribution >= 4 is 23.1 Å². The van der Waals surface area contributed by atoms with Gasteiger partial charge in [-0.1, -0.05) is 36.4 Å². The Kier molecular flexibility index (Phi) is 1.82. The minimum Gasteiger partial charge on any atom is -0.456 e. The molecular weight excluding hydrogens is 198 g/mol. The summed E-state index contributed by atoms with van der Waals surface area (Å²) in [5.41, 5.74) is 7.68. The maximum Gasteiger partial charge on any atom is 0.135 e. The lowest BCUT2D eigenvalue weighted by Crippen LogP contribution is -2.30. The lowest BCUT2D eigenvalue weighted by Gasteiger charge is -2.12. The van der Waals surface area contributed by atoms with Crippen LogP contribution in [-0.4, -0.2) is 5.54 Å². The van der Waals surface area contributed by atoms with E-state index in [9.17, 15) is 0 Å². The van der Waals surface area contributed by atoms with Gasteiger partial charge in [-0.05, 0) is 19.1 Å². The van der Waals surface area contributed by atoms with Crippen LogP contribution in [0.3, 0.4) is 0 Å². The van der Waals surface area contributed by atoms with Crippen LogP contribution in [0, 0.1) is 0 Å². The molecule has 1 aliphatic carbocycles. The number of rotatable bonds is 0. The lowest BCUT2D eigenvalue weighted by molar-refractivity contribution is 0.602. The van der Waals surface area contributed by atoms with Crippen LogP contribution >= 0.6 is 0 Å². The lowest BCUT2D eigenvalue weighted by atomic mass is 10.0. The van der Waals surface area contributed by atoms with E-state index >= 15 is 0 Å². The second-order valence-corrected chi connectivity index (χ2v) is 4.41. The van der Waals surface area contributed by atoms with Crippen LogP contribution in [0.15, 0.2) is 40.8 Å². The van der Waals surface area contributed by atoms with Gasteiger partial charge in [0.15, 0.2) is 0 Å². The van der Waals surface area contributed by atoms with Crippen LogP contribution in [0.25, 0.3) is 23.1 Å². The molecule has 1 aromatic carbocycles. The molecule has 0 amide bonds. The van der Waals surface area contributed by atoms with E-state index in [-0.39, 0.29) is 0 Å². The Bertz CT molecular complexity index is 602. The first-order valence-corrected chi connectivity index (χ1v) is 5.35. The zero-order valence-corrected chi connectivity index (χ0v) is 9.10.